The lowest BCUT2D eigenvalue weighted by atomic mass is 10.0. The van der Waals surface area contributed by atoms with Crippen LogP contribution in [0.1, 0.15) is 15.9 Å². The number of carboxylic acids is 1. The molecule has 0 fully saturated rings. The topological polar surface area (TPSA) is 66.8 Å². The van der Waals surface area contributed by atoms with Crippen LogP contribution < -0.4 is 4.74 Å². The lowest BCUT2D eigenvalue weighted by Crippen LogP contribution is -1.96. The number of carbonyl (C=O) groups is 1. The predicted molar refractivity (Wildman–Crippen MR) is 91.3 cm³/mol. The molecule has 2 N–H and O–H groups in total. The second-order valence-corrected chi connectivity index (χ2v) is 5.34. The Labute approximate surface area is 139 Å². The van der Waals surface area contributed by atoms with Gasteiger partial charge in [-0.2, -0.15) is 0 Å². The number of hydrogen-bond acceptors (Lipinski definition) is 3. The highest BCUT2D eigenvalue weighted by molar-refractivity contribution is 5.91. The van der Waals surface area contributed by atoms with Gasteiger partial charge in [0.05, 0.1) is 0 Å². The molecule has 24 heavy (non-hydrogen) atoms. The van der Waals surface area contributed by atoms with Crippen molar-refractivity contribution in [2.24, 2.45) is 0 Å². The number of rotatable bonds is 5. The van der Waals surface area contributed by atoms with Crippen molar-refractivity contribution in [1.29, 1.82) is 0 Å². The Balaban J connectivity index is 1.72. The van der Waals surface area contributed by atoms with Gasteiger partial charge in [-0.15, -0.1) is 0 Å². The maximum Gasteiger partial charge on any atom is 0.339 e. The molecule has 0 unspecified atom stereocenters. The Morgan fingerprint density at radius 2 is 1.54 bits per heavy atom. The summed E-state index contributed by atoms with van der Waals surface area (Å²) in [7, 11) is 0. The summed E-state index contributed by atoms with van der Waals surface area (Å²) in [5.74, 6) is -0.651. The first-order valence-corrected chi connectivity index (χ1v) is 7.47. The highest BCUT2D eigenvalue weighted by Crippen LogP contribution is 2.28. The van der Waals surface area contributed by atoms with Crippen LogP contribution >= 0.6 is 0 Å². The van der Waals surface area contributed by atoms with E-state index in [9.17, 15) is 9.90 Å². The second kappa shape index (κ2) is 6.87. The predicted octanol–water partition coefficient (Wildman–Crippen LogP) is 4.34. The first-order chi connectivity index (χ1) is 11.6. The van der Waals surface area contributed by atoms with E-state index in [4.69, 9.17) is 9.84 Å². The van der Waals surface area contributed by atoms with E-state index in [-0.39, 0.29) is 11.3 Å². The van der Waals surface area contributed by atoms with Gasteiger partial charge in [-0.1, -0.05) is 48.5 Å². The zero-order valence-electron chi connectivity index (χ0n) is 12.8. The van der Waals surface area contributed by atoms with Crippen molar-refractivity contribution in [3.8, 4) is 22.6 Å². The number of hydrogen-bond donors (Lipinski definition) is 2. The molecule has 0 aromatic heterocycles. The molecule has 4 heteroatoms. The third kappa shape index (κ3) is 3.55. The maximum atomic E-state index is 10.9. The van der Waals surface area contributed by atoms with Crippen molar-refractivity contribution in [2.45, 2.75) is 6.61 Å². The first kappa shape index (κ1) is 15.6. The Morgan fingerprint density at radius 3 is 2.17 bits per heavy atom. The smallest absolute Gasteiger partial charge is 0.339 e. The molecule has 0 amide bonds. The molecule has 0 aliphatic heterocycles. The van der Waals surface area contributed by atoms with Crippen molar-refractivity contribution in [2.75, 3.05) is 0 Å². The third-order valence-corrected chi connectivity index (χ3v) is 3.66. The Morgan fingerprint density at radius 1 is 0.875 bits per heavy atom. The van der Waals surface area contributed by atoms with Crippen LogP contribution in [0.15, 0.2) is 72.8 Å². The van der Waals surface area contributed by atoms with Crippen LogP contribution in [-0.4, -0.2) is 16.2 Å². The lowest BCUT2D eigenvalue weighted by molar-refractivity contribution is 0.0694. The largest absolute Gasteiger partial charge is 0.507 e. The summed E-state index contributed by atoms with van der Waals surface area (Å²) in [6.07, 6.45) is 0. The SMILES string of the molecule is O=C(O)c1ccc(-c2ccc(OCc3ccccc3)cc2)cc1O. The molecule has 0 spiro atoms. The molecular formula is C20H16O4. The summed E-state index contributed by atoms with van der Waals surface area (Å²) in [5.41, 5.74) is 2.60. The number of ether oxygens (including phenoxy) is 1. The van der Waals surface area contributed by atoms with E-state index >= 15 is 0 Å². The zero-order chi connectivity index (χ0) is 16.9. The fourth-order valence-electron chi connectivity index (χ4n) is 2.38. The monoisotopic (exact) mass is 320 g/mol. The molecule has 4 nitrogen and oxygen atoms in total. The minimum Gasteiger partial charge on any atom is -0.507 e. The Kier molecular flexibility index (Phi) is 4.47. The molecular weight excluding hydrogens is 304 g/mol. The van der Waals surface area contributed by atoms with E-state index in [2.05, 4.69) is 0 Å². The van der Waals surface area contributed by atoms with E-state index in [1.54, 1.807) is 6.07 Å². The van der Waals surface area contributed by atoms with Crippen LogP contribution in [0.5, 0.6) is 11.5 Å². The van der Waals surface area contributed by atoms with Crippen molar-refractivity contribution in [1.82, 2.24) is 0 Å². The molecule has 0 aliphatic carbocycles. The van der Waals surface area contributed by atoms with Gasteiger partial charge in [0.25, 0.3) is 0 Å². The van der Waals surface area contributed by atoms with Gasteiger partial charge in [-0.05, 0) is 41.0 Å². The van der Waals surface area contributed by atoms with Gasteiger partial charge in [0.15, 0.2) is 0 Å². The average Bonchev–Trinajstić information content (AvgIpc) is 2.61. The average molecular weight is 320 g/mol. The van der Waals surface area contributed by atoms with Crippen molar-refractivity contribution >= 4 is 5.97 Å². The van der Waals surface area contributed by atoms with E-state index in [1.165, 1.54) is 12.1 Å². The summed E-state index contributed by atoms with van der Waals surface area (Å²) in [6.45, 7) is 0.494. The van der Waals surface area contributed by atoms with Crippen LogP contribution in [0, 0.1) is 0 Å². The molecule has 3 rings (SSSR count). The minimum absolute atomic E-state index is 0.110. The van der Waals surface area contributed by atoms with Crippen LogP contribution in [-0.2, 0) is 6.61 Å². The van der Waals surface area contributed by atoms with Gasteiger partial charge in [-0.25, -0.2) is 4.79 Å². The minimum atomic E-state index is -1.15. The normalized spacial score (nSPS) is 10.3. The van der Waals surface area contributed by atoms with Crippen LogP contribution in [0.4, 0.5) is 0 Å². The Bertz CT molecular complexity index is 839. The molecule has 0 heterocycles. The molecule has 0 atom stereocenters. The van der Waals surface area contributed by atoms with E-state index < -0.39 is 5.97 Å². The van der Waals surface area contributed by atoms with Crippen molar-refractivity contribution < 1.29 is 19.7 Å². The molecule has 0 saturated carbocycles. The van der Waals surface area contributed by atoms with E-state index in [0.29, 0.717) is 6.61 Å². The molecule has 120 valence electrons. The molecule has 3 aromatic rings. The van der Waals surface area contributed by atoms with E-state index in [0.717, 1.165) is 22.4 Å². The number of benzene rings is 3. The molecule has 0 aliphatic rings. The lowest BCUT2D eigenvalue weighted by Gasteiger charge is -2.08. The van der Waals surface area contributed by atoms with Crippen molar-refractivity contribution in [3.63, 3.8) is 0 Å². The van der Waals surface area contributed by atoms with Gasteiger partial charge in [0, 0.05) is 0 Å². The molecule has 0 saturated heterocycles. The summed E-state index contributed by atoms with van der Waals surface area (Å²) in [6, 6.07) is 21.8. The summed E-state index contributed by atoms with van der Waals surface area (Å²) in [5, 5.41) is 18.7. The highest BCUT2D eigenvalue weighted by atomic mass is 16.5. The number of aromatic carboxylic acids is 1. The first-order valence-electron chi connectivity index (χ1n) is 7.47. The third-order valence-electron chi connectivity index (χ3n) is 3.66. The van der Waals surface area contributed by atoms with Crippen LogP contribution in [0.25, 0.3) is 11.1 Å². The summed E-state index contributed by atoms with van der Waals surface area (Å²) < 4.78 is 5.73. The quantitative estimate of drug-likeness (QED) is 0.734. The number of carboxylic acid groups (broad SMARTS) is 1. The summed E-state index contributed by atoms with van der Waals surface area (Å²) in [4.78, 5) is 10.9. The summed E-state index contributed by atoms with van der Waals surface area (Å²) >= 11 is 0. The van der Waals surface area contributed by atoms with Gasteiger partial charge < -0.3 is 14.9 Å². The fourth-order valence-corrected chi connectivity index (χ4v) is 2.38. The van der Waals surface area contributed by atoms with E-state index in [1.807, 2.05) is 54.6 Å². The molecule has 3 aromatic carbocycles. The zero-order valence-corrected chi connectivity index (χ0v) is 12.8. The van der Waals surface area contributed by atoms with Gasteiger partial charge >= 0.3 is 5.97 Å². The van der Waals surface area contributed by atoms with Gasteiger partial charge in [0.2, 0.25) is 0 Å². The van der Waals surface area contributed by atoms with Crippen LogP contribution in [0.2, 0.25) is 0 Å². The van der Waals surface area contributed by atoms with Gasteiger partial charge in [-0.3, -0.25) is 0 Å². The second-order valence-electron chi connectivity index (χ2n) is 5.34. The Hall–Kier alpha value is -3.27. The number of phenols is 1. The number of aromatic hydroxyl groups is 1. The highest BCUT2D eigenvalue weighted by Gasteiger charge is 2.10. The van der Waals surface area contributed by atoms with Gasteiger partial charge in [0.1, 0.15) is 23.7 Å². The van der Waals surface area contributed by atoms with Crippen LogP contribution in [0.3, 0.4) is 0 Å². The van der Waals surface area contributed by atoms with Crippen molar-refractivity contribution in [3.05, 3.63) is 83.9 Å². The maximum absolute atomic E-state index is 10.9. The standard InChI is InChI=1S/C20H16O4/c21-19-12-16(8-11-18(19)20(22)23)15-6-9-17(10-7-15)24-13-14-4-2-1-3-5-14/h1-12,21H,13H2,(H,22,23). The fraction of sp³-hybridized carbons (Fsp3) is 0.0500. The molecule has 0 bridgehead atoms. The molecule has 0 radical (unpaired) electrons.